The largest absolute Gasteiger partial charge is 0.476 e. The topological polar surface area (TPSA) is 96.4 Å². The molecule has 0 atom stereocenters. The Hall–Kier alpha value is -2.54. The summed E-state index contributed by atoms with van der Waals surface area (Å²) in [7, 11) is 0. The van der Waals surface area contributed by atoms with Gasteiger partial charge in [-0.05, 0) is 36.5 Å². The van der Waals surface area contributed by atoms with Crippen LogP contribution in [0.3, 0.4) is 0 Å². The molecule has 2 N–H and O–H groups in total. The summed E-state index contributed by atoms with van der Waals surface area (Å²) in [4.78, 5) is 38.8. The first kappa shape index (κ1) is 17.3. The van der Waals surface area contributed by atoms with E-state index in [2.05, 4.69) is 10.3 Å². The summed E-state index contributed by atoms with van der Waals surface area (Å²) >= 11 is 1.18. The number of nitrogens with zero attached hydrogens (tertiary/aromatic N) is 1. The number of carbonyl (C=O) groups is 3. The number of Topliss-reactive ketones (excluding diaryl/α,β-unsaturated/α-hetero) is 1. The minimum absolute atomic E-state index is 0.0268. The van der Waals surface area contributed by atoms with Crippen molar-refractivity contribution in [1.82, 2.24) is 10.3 Å². The summed E-state index contributed by atoms with van der Waals surface area (Å²) in [5, 5.41) is 13.4. The highest BCUT2D eigenvalue weighted by molar-refractivity contribution is 7.09. The number of rotatable bonds is 7. The zero-order valence-electron chi connectivity index (χ0n) is 13.6. The molecule has 1 aliphatic rings. The molecule has 0 saturated carbocycles. The van der Waals surface area contributed by atoms with Crippen LogP contribution in [0.25, 0.3) is 0 Å². The monoisotopic (exact) mass is 358 g/mol. The number of carboxylic acid groups (broad SMARTS) is 1. The summed E-state index contributed by atoms with van der Waals surface area (Å²) in [5.74, 6) is -1.37. The van der Waals surface area contributed by atoms with Crippen molar-refractivity contribution in [2.24, 2.45) is 0 Å². The maximum Gasteiger partial charge on any atom is 0.355 e. The molecule has 3 rings (SSSR count). The SMILES string of the molecule is O=C(CCC(=O)c1ccc2c(c1)CCC2)NCc1nc(C(=O)O)cs1. The summed E-state index contributed by atoms with van der Waals surface area (Å²) in [6.45, 7) is 0.170. The lowest BCUT2D eigenvalue weighted by atomic mass is 10.0. The highest BCUT2D eigenvalue weighted by Gasteiger charge is 2.15. The lowest BCUT2D eigenvalue weighted by Crippen LogP contribution is -2.23. The number of hydrogen-bond acceptors (Lipinski definition) is 5. The smallest absolute Gasteiger partial charge is 0.355 e. The van der Waals surface area contributed by atoms with E-state index in [-0.39, 0.29) is 36.8 Å². The molecule has 0 aliphatic heterocycles. The van der Waals surface area contributed by atoms with Crippen molar-refractivity contribution >= 4 is 29.0 Å². The number of carbonyl (C=O) groups excluding carboxylic acids is 2. The molecule has 0 spiro atoms. The van der Waals surface area contributed by atoms with Crippen LogP contribution in [0.15, 0.2) is 23.6 Å². The molecule has 25 heavy (non-hydrogen) atoms. The molecule has 1 aromatic carbocycles. The molecule has 6 nitrogen and oxygen atoms in total. The Bertz CT molecular complexity index is 828. The Morgan fingerprint density at radius 3 is 2.72 bits per heavy atom. The number of fused-ring (bicyclic) bond motifs is 1. The van der Waals surface area contributed by atoms with E-state index in [1.807, 2.05) is 18.2 Å². The molecule has 2 aromatic rings. The van der Waals surface area contributed by atoms with E-state index < -0.39 is 5.97 Å². The highest BCUT2D eigenvalue weighted by atomic mass is 32.1. The molecular weight excluding hydrogens is 340 g/mol. The second-order valence-corrected chi connectivity index (χ2v) is 6.91. The average molecular weight is 358 g/mol. The first-order valence-corrected chi connectivity index (χ1v) is 9.00. The van der Waals surface area contributed by atoms with E-state index in [0.717, 1.165) is 19.3 Å². The number of aromatic nitrogens is 1. The molecule has 0 fully saturated rings. The van der Waals surface area contributed by atoms with Crippen LogP contribution in [0.4, 0.5) is 0 Å². The zero-order valence-corrected chi connectivity index (χ0v) is 14.4. The van der Waals surface area contributed by atoms with Gasteiger partial charge in [0.2, 0.25) is 5.91 Å². The third-order valence-corrected chi connectivity index (χ3v) is 5.06. The van der Waals surface area contributed by atoms with Gasteiger partial charge in [0, 0.05) is 23.8 Å². The van der Waals surface area contributed by atoms with Crippen molar-refractivity contribution in [3.05, 3.63) is 51.0 Å². The molecule has 7 heteroatoms. The molecule has 1 aromatic heterocycles. The maximum absolute atomic E-state index is 12.2. The van der Waals surface area contributed by atoms with Gasteiger partial charge < -0.3 is 10.4 Å². The van der Waals surface area contributed by atoms with Gasteiger partial charge in [0.05, 0.1) is 6.54 Å². The number of thiazole rings is 1. The van der Waals surface area contributed by atoms with Crippen molar-refractivity contribution < 1.29 is 19.5 Å². The van der Waals surface area contributed by atoms with Crippen molar-refractivity contribution in [2.45, 2.75) is 38.6 Å². The van der Waals surface area contributed by atoms with Crippen LogP contribution in [0.2, 0.25) is 0 Å². The fourth-order valence-corrected chi connectivity index (χ4v) is 3.58. The van der Waals surface area contributed by atoms with Gasteiger partial charge in [-0.1, -0.05) is 12.1 Å². The maximum atomic E-state index is 12.2. The molecule has 0 radical (unpaired) electrons. The number of nitrogens with one attached hydrogen (secondary N) is 1. The molecule has 130 valence electrons. The Morgan fingerprint density at radius 2 is 1.96 bits per heavy atom. The van der Waals surface area contributed by atoms with E-state index in [9.17, 15) is 14.4 Å². The first-order valence-electron chi connectivity index (χ1n) is 8.12. The normalized spacial score (nSPS) is 12.6. The highest BCUT2D eigenvalue weighted by Crippen LogP contribution is 2.23. The molecule has 0 bridgehead atoms. The van der Waals surface area contributed by atoms with Gasteiger partial charge >= 0.3 is 5.97 Å². The molecule has 0 unspecified atom stereocenters. The number of ketones is 1. The third-order valence-electron chi connectivity index (χ3n) is 4.21. The van der Waals surface area contributed by atoms with Crippen molar-refractivity contribution in [1.29, 1.82) is 0 Å². The lowest BCUT2D eigenvalue weighted by Gasteiger charge is -2.05. The number of aryl methyl sites for hydroxylation is 2. The summed E-state index contributed by atoms with van der Waals surface area (Å²) < 4.78 is 0. The van der Waals surface area contributed by atoms with Crippen LogP contribution >= 0.6 is 11.3 Å². The first-order chi connectivity index (χ1) is 12.0. The number of benzene rings is 1. The predicted molar refractivity (Wildman–Crippen MR) is 93.0 cm³/mol. The average Bonchev–Trinajstić information content (AvgIpc) is 3.26. The van der Waals surface area contributed by atoms with Crippen molar-refractivity contribution in [3.63, 3.8) is 0 Å². The Labute approximate surface area is 148 Å². The Morgan fingerprint density at radius 1 is 1.16 bits per heavy atom. The van der Waals surface area contributed by atoms with E-state index in [1.165, 1.54) is 27.8 Å². The zero-order chi connectivity index (χ0) is 17.8. The van der Waals surface area contributed by atoms with Crippen LogP contribution in [-0.2, 0) is 24.2 Å². The van der Waals surface area contributed by atoms with Crippen molar-refractivity contribution in [2.75, 3.05) is 0 Å². The van der Waals surface area contributed by atoms with Crippen LogP contribution in [0, 0.1) is 0 Å². The van der Waals surface area contributed by atoms with E-state index in [0.29, 0.717) is 10.6 Å². The fraction of sp³-hybridized carbons (Fsp3) is 0.333. The number of carboxylic acids is 1. The minimum atomic E-state index is -1.09. The third kappa shape index (κ3) is 4.30. The van der Waals surface area contributed by atoms with Gasteiger partial charge in [0.15, 0.2) is 11.5 Å². The van der Waals surface area contributed by atoms with Crippen molar-refractivity contribution in [3.8, 4) is 0 Å². The standard InChI is InChI=1S/C18H18N2O4S/c21-15(13-5-4-11-2-1-3-12(11)8-13)6-7-16(22)19-9-17-20-14(10-25-17)18(23)24/h4-5,8,10H,1-3,6-7,9H2,(H,19,22)(H,23,24). The van der Waals surface area contributed by atoms with Gasteiger partial charge in [-0.25, -0.2) is 9.78 Å². The van der Waals surface area contributed by atoms with Gasteiger partial charge in [0.25, 0.3) is 0 Å². The van der Waals surface area contributed by atoms with Gasteiger partial charge in [-0.2, -0.15) is 0 Å². The van der Waals surface area contributed by atoms with E-state index in [4.69, 9.17) is 5.11 Å². The summed E-state index contributed by atoms with van der Waals surface area (Å²) in [5.41, 5.74) is 3.20. The second kappa shape index (κ2) is 7.57. The van der Waals surface area contributed by atoms with Gasteiger partial charge in [0.1, 0.15) is 5.01 Å². The fourth-order valence-electron chi connectivity index (χ4n) is 2.87. The summed E-state index contributed by atoms with van der Waals surface area (Å²) in [6, 6.07) is 5.80. The minimum Gasteiger partial charge on any atom is -0.476 e. The number of amides is 1. The molecule has 1 heterocycles. The predicted octanol–water partition coefficient (Wildman–Crippen LogP) is 2.61. The molecule has 0 saturated heterocycles. The van der Waals surface area contributed by atoms with Crippen LogP contribution in [-0.4, -0.2) is 27.8 Å². The molecule has 1 amide bonds. The van der Waals surface area contributed by atoms with Gasteiger partial charge in [-0.15, -0.1) is 11.3 Å². The van der Waals surface area contributed by atoms with E-state index >= 15 is 0 Å². The Balaban J connectivity index is 1.46. The Kier molecular flexibility index (Phi) is 5.23. The quantitative estimate of drug-likeness (QED) is 0.742. The van der Waals surface area contributed by atoms with Crippen LogP contribution in [0.1, 0.15) is 56.2 Å². The lowest BCUT2D eigenvalue weighted by molar-refractivity contribution is -0.121. The second-order valence-electron chi connectivity index (χ2n) is 5.97. The number of aromatic carboxylic acids is 1. The summed E-state index contributed by atoms with van der Waals surface area (Å²) in [6.07, 6.45) is 3.49. The van der Waals surface area contributed by atoms with Crippen LogP contribution in [0.5, 0.6) is 0 Å². The number of hydrogen-bond donors (Lipinski definition) is 2. The van der Waals surface area contributed by atoms with E-state index in [1.54, 1.807) is 0 Å². The van der Waals surface area contributed by atoms with Crippen LogP contribution < -0.4 is 5.32 Å². The molecule has 1 aliphatic carbocycles. The van der Waals surface area contributed by atoms with Gasteiger partial charge in [-0.3, -0.25) is 9.59 Å². The molecular formula is C18H18N2O4S.